The number of hydrogen-bond acceptors (Lipinski definition) is 16. The van der Waals surface area contributed by atoms with Crippen LogP contribution >= 0.6 is 0 Å². The molecule has 27 heteroatoms. The third-order valence-electron chi connectivity index (χ3n) is 9.92. The number of rotatable bonds is 43. The Morgan fingerprint density at radius 1 is 0.563 bits per heavy atom. The molecular weight excluding hydrogens is 959 g/mol. The average Bonchev–Trinajstić information content (AvgIpc) is 3.32. The highest BCUT2D eigenvalue weighted by Gasteiger charge is 2.25. The summed E-state index contributed by atoms with van der Waals surface area (Å²) in [6.07, 6.45) is 1.99. The highest BCUT2D eigenvalue weighted by molar-refractivity contribution is 7.89. The molecule has 0 bridgehead atoms. The number of amides is 7. The van der Waals surface area contributed by atoms with Crippen LogP contribution in [0.2, 0.25) is 0 Å². The van der Waals surface area contributed by atoms with Gasteiger partial charge in [0, 0.05) is 56.7 Å². The van der Waals surface area contributed by atoms with E-state index in [1.165, 1.54) is 7.05 Å². The molecule has 71 heavy (non-hydrogen) atoms. The molecule has 0 aliphatic carbocycles. The van der Waals surface area contributed by atoms with E-state index in [1.54, 1.807) is 12.1 Å². The number of sulfonamides is 1. The summed E-state index contributed by atoms with van der Waals surface area (Å²) >= 11 is 0. The Balaban J connectivity index is 2.19. The fourth-order valence-corrected chi connectivity index (χ4v) is 6.78. The number of ether oxygens (including phenoxy) is 4. The quantitative estimate of drug-likeness (QED) is 0.0318. The predicted molar refractivity (Wildman–Crippen MR) is 256 cm³/mol. The summed E-state index contributed by atoms with van der Waals surface area (Å²) in [5.41, 5.74) is 6.96. The van der Waals surface area contributed by atoms with Gasteiger partial charge in [-0.15, -0.1) is 0 Å². The van der Waals surface area contributed by atoms with Gasteiger partial charge in [-0.3, -0.25) is 33.6 Å². The van der Waals surface area contributed by atoms with Crippen LogP contribution in [0.4, 0.5) is 5.69 Å². The third-order valence-corrected chi connectivity index (χ3v) is 11.4. The minimum atomic E-state index is -3.39. The first-order valence-corrected chi connectivity index (χ1v) is 25.0. The van der Waals surface area contributed by atoms with Gasteiger partial charge in [-0.1, -0.05) is 19.8 Å². The van der Waals surface area contributed by atoms with Crippen LogP contribution in [0.5, 0.6) is 0 Å². The zero-order chi connectivity index (χ0) is 52.9. The number of benzene rings is 1. The van der Waals surface area contributed by atoms with Crippen molar-refractivity contribution >= 4 is 69.0 Å². The molecule has 1 aromatic carbocycles. The van der Waals surface area contributed by atoms with Crippen molar-refractivity contribution in [1.82, 2.24) is 36.6 Å². The zero-order valence-electron chi connectivity index (χ0n) is 40.5. The molecule has 26 nitrogen and oxygen atoms in total. The lowest BCUT2D eigenvalue weighted by atomic mass is 10.1. The smallest absolute Gasteiger partial charge is 0.326 e. The van der Waals surface area contributed by atoms with Gasteiger partial charge in [-0.25, -0.2) is 22.7 Å². The van der Waals surface area contributed by atoms with Crippen LogP contribution in [0.25, 0.3) is 0 Å². The largest absolute Gasteiger partial charge is 0.480 e. The van der Waals surface area contributed by atoms with E-state index in [-0.39, 0.29) is 109 Å². The maximum absolute atomic E-state index is 12.5. The number of carbonyl (C=O) groups excluding carboxylic acids is 7. The second kappa shape index (κ2) is 37.8. The maximum atomic E-state index is 12.5. The standard InChI is InChI=1S/C44H73N9O17S/c1-3-18-47-32-12-10-31(11-13-32)42(60)50-19-6-4-5-8-33(41(45)59)51-39(57)29-69-26-24-68-23-21-49-37(55)16-14-34(43(61)62)52-38(56)17-15-35(44(63)64)53-40(58)30-70-27-25-67-22-20-48-36(54)9-7-28-71(65,66)46-2/h10-13,33-35,46-47H,3-9,14-30H2,1-2H3,(H2,45,59)(H,48,54)(H,49,55)(H,50,60)(H,51,57)(H,52,56)(H,53,58)(H,61,62)(H,63,64). The number of anilines is 1. The van der Waals surface area contributed by atoms with Crippen LogP contribution in [-0.2, 0) is 67.3 Å². The molecule has 1 aromatic rings. The number of primary amides is 1. The number of carboxylic acid groups (broad SMARTS) is 2. The van der Waals surface area contributed by atoms with E-state index in [4.69, 9.17) is 24.7 Å². The van der Waals surface area contributed by atoms with E-state index < -0.39 is 82.7 Å². The number of aliphatic carboxylic acids is 2. The molecule has 0 spiro atoms. The Kier molecular flexibility index (Phi) is 33.5. The Morgan fingerprint density at radius 3 is 1.59 bits per heavy atom. The number of unbranched alkanes of at least 4 members (excludes halogenated alkanes) is 2. The molecule has 3 unspecified atom stereocenters. The van der Waals surface area contributed by atoms with E-state index in [9.17, 15) is 61.8 Å². The van der Waals surface area contributed by atoms with Crippen molar-refractivity contribution in [2.45, 2.75) is 95.7 Å². The van der Waals surface area contributed by atoms with Crippen LogP contribution in [0.3, 0.4) is 0 Å². The summed E-state index contributed by atoms with van der Waals surface area (Å²) in [6.45, 7) is 2.94. The number of carboxylic acids is 2. The van der Waals surface area contributed by atoms with Crippen molar-refractivity contribution in [2.24, 2.45) is 5.73 Å². The van der Waals surface area contributed by atoms with Crippen LogP contribution in [-0.4, -0.2) is 182 Å². The Hall–Kier alpha value is -6.00. The van der Waals surface area contributed by atoms with E-state index in [1.807, 2.05) is 12.1 Å². The van der Waals surface area contributed by atoms with Crippen molar-refractivity contribution in [3.63, 3.8) is 0 Å². The minimum Gasteiger partial charge on any atom is -0.480 e. The number of carbonyl (C=O) groups is 9. The summed E-state index contributed by atoms with van der Waals surface area (Å²) in [5, 5.41) is 37.3. The van der Waals surface area contributed by atoms with Gasteiger partial charge >= 0.3 is 11.9 Å². The fourth-order valence-electron chi connectivity index (χ4n) is 6.05. The summed E-state index contributed by atoms with van der Waals surface area (Å²) in [5.74, 6) is -6.97. The Bertz CT molecular complexity index is 1930. The van der Waals surface area contributed by atoms with Gasteiger partial charge in [-0.05, 0) is 69.8 Å². The van der Waals surface area contributed by atoms with Crippen molar-refractivity contribution in [3.8, 4) is 0 Å². The topological polar surface area (TPSA) is 387 Å². The first-order chi connectivity index (χ1) is 33.9. The van der Waals surface area contributed by atoms with Crippen molar-refractivity contribution in [2.75, 3.05) is 97.2 Å². The molecule has 1 rings (SSSR count). The van der Waals surface area contributed by atoms with E-state index in [0.29, 0.717) is 37.8 Å². The maximum Gasteiger partial charge on any atom is 0.326 e. The lowest BCUT2D eigenvalue weighted by Gasteiger charge is -2.17. The second-order valence-electron chi connectivity index (χ2n) is 15.8. The molecular formula is C44H73N9O17S. The highest BCUT2D eigenvalue weighted by atomic mass is 32.2. The number of nitrogens with two attached hydrogens (primary N) is 1. The Labute approximate surface area is 413 Å². The first-order valence-electron chi connectivity index (χ1n) is 23.4. The van der Waals surface area contributed by atoms with Gasteiger partial charge in [-0.2, -0.15) is 0 Å². The molecule has 402 valence electrons. The van der Waals surface area contributed by atoms with E-state index in [0.717, 1.165) is 18.7 Å². The van der Waals surface area contributed by atoms with Gasteiger partial charge in [0.1, 0.15) is 31.3 Å². The van der Waals surface area contributed by atoms with Crippen molar-refractivity contribution in [3.05, 3.63) is 29.8 Å². The lowest BCUT2D eigenvalue weighted by molar-refractivity contribution is -0.144. The van der Waals surface area contributed by atoms with Gasteiger partial charge in [0.15, 0.2) is 0 Å². The molecule has 0 heterocycles. The SMILES string of the molecule is CCCNc1ccc(C(=O)NCCCCCC(NC(=O)COCCOCCNC(=O)CCC(NC(=O)CCC(NC(=O)COCCOCCNC(=O)CCCS(=O)(=O)NC)C(=O)O)C(=O)O)C(N)=O)cc1. The van der Waals surface area contributed by atoms with E-state index in [2.05, 4.69) is 48.9 Å². The van der Waals surface area contributed by atoms with Crippen LogP contribution in [0.15, 0.2) is 24.3 Å². The summed E-state index contributed by atoms with van der Waals surface area (Å²) in [7, 11) is -2.11. The summed E-state index contributed by atoms with van der Waals surface area (Å²) in [6, 6.07) is 3.35. The monoisotopic (exact) mass is 1030 g/mol. The molecule has 0 aromatic heterocycles. The van der Waals surface area contributed by atoms with Gasteiger partial charge in [0.2, 0.25) is 45.5 Å². The molecule has 0 aliphatic heterocycles. The summed E-state index contributed by atoms with van der Waals surface area (Å²) < 4.78 is 46.0. The molecule has 12 N–H and O–H groups in total. The lowest BCUT2D eigenvalue weighted by Crippen LogP contribution is -2.45. The molecule has 0 fully saturated rings. The molecule has 0 saturated carbocycles. The fraction of sp³-hybridized carbons (Fsp3) is 0.659. The van der Waals surface area contributed by atoms with Crippen LogP contribution < -0.4 is 47.7 Å². The van der Waals surface area contributed by atoms with Crippen molar-refractivity contribution in [1.29, 1.82) is 0 Å². The highest BCUT2D eigenvalue weighted by Crippen LogP contribution is 2.10. The number of hydrogen-bond donors (Lipinski definition) is 11. The van der Waals surface area contributed by atoms with Crippen LogP contribution in [0, 0.1) is 0 Å². The van der Waals surface area contributed by atoms with E-state index >= 15 is 0 Å². The molecule has 0 saturated heterocycles. The zero-order valence-corrected chi connectivity index (χ0v) is 41.3. The predicted octanol–water partition coefficient (Wildman–Crippen LogP) is -1.90. The van der Waals surface area contributed by atoms with Gasteiger partial charge in [0.25, 0.3) is 5.91 Å². The van der Waals surface area contributed by atoms with Crippen molar-refractivity contribution < 1.29 is 80.7 Å². The first kappa shape index (κ1) is 63.0. The van der Waals surface area contributed by atoms with Gasteiger partial charge < -0.3 is 72.1 Å². The van der Waals surface area contributed by atoms with Gasteiger partial charge in [0.05, 0.1) is 45.4 Å². The molecule has 7 amide bonds. The molecule has 0 aliphatic rings. The Morgan fingerprint density at radius 2 is 1.07 bits per heavy atom. The molecule has 3 atom stereocenters. The normalized spacial score (nSPS) is 12.4. The number of nitrogens with one attached hydrogen (secondary N) is 8. The van der Waals surface area contributed by atoms with Crippen LogP contribution in [0.1, 0.15) is 87.9 Å². The minimum absolute atomic E-state index is 0.0180. The average molecular weight is 1030 g/mol. The third kappa shape index (κ3) is 32.5. The summed E-state index contributed by atoms with van der Waals surface area (Å²) in [4.78, 5) is 109. The second-order valence-corrected chi connectivity index (χ2v) is 17.8. The molecule has 0 radical (unpaired) electrons.